The molecule has 0 radical (unpaired) electrons. The summed E-state index contributed by atoms with van der Waals surface area (Å²) in [6.45, 7) is 0.397. The van der Waals surface area contributed by atoms with Gasteiger partial charge in [0.25, 0.3) is 5.91 Å². The van der Waals surface area contributed by atoms with Gasteiger partial charge in [0.15, 0.2) is 0 Å². The van der Waals surface area contributed by atoms with Gasteiger partial charge >= 0.3 is 0 Å². The van der Waals surface area contributed by atoms with Crippen molar-refractivity contribution in [1.82, 2.24) is 20.0 Å². The minimum atomic E-state index is -0.213. The van der Waals surface area contributed by atoms with Crippen LogP contribution in [0.3, 0.4) is 0 Å². The van der Waals surface area contributed by atoms with Gasteiger partial charge in [0, 0.05) is 23.9 Å². The summed E-state index contributed by atoms with van der Waals surface area (Å²) < 4.78 is 12.8. The van der Waals surface area contributed by atoms with E-state index in [1.54, 1.807) is 25.1 Å². The third-order valence-corrected chi connectivity index (χ3v) is 5.92. The highest BCUT2D eigenvalue weighted by Gasteiger charge is 2.24. The van der Waals surface area contributed by atoms with Crippen LogP contribution in [0.4, 0.5) is 0 Å². The third kappa shape index (κ3) is 5.20. The quantitative estimate of drug-likeness (QED) is 0.388. The van der Waals surface area contributed by atoms with Crippen molar-refractivity contribution in [3.63, 3.8) is 0 Å². The number of carbonyl (C=O) groups excluding carboxylic acids is 1. The molecule has 0 fully saturated rings. The van der Waals surface area contributed by atoms with Crippen molar-refractivity contribution in [1.29, 1.82) is 0 Å². The summed E-state index contributed by atoms with van der Waals surface area (Å²) in [7, 11) is 7.23. The first kappa shape index (κ1) is 24.0. The smallest absolute Gasteiger partial charge is 0.255 e. The maximum Gasteiger partial charge on any atom is 0.255 e. The zero-order chi connectivity index (χ0) is 24.8. The number of nitrogens with zero attached hydrogens (tertiary/aromatic N) is 3. The van der Waals surface area contributed by atoms with E-state index in [1.165, 1.54) is 0 Å². The molecule has 180 valence electrons. The second-order valence-corrected chi connectivity index (χ2v) is 8.30. The van der Waals surface area contributed by atoms with Crippen LogP contribution < -0.4 is 14.8 Å². The molecule has 0 aliphatic heterocycles. The lowest BCUT2D eigenvalue weighted by Gasteiger charge is -2.26. The van der Waals surface area contributed by atoms with Gasteiger partial charge in [-0.05, 0) is 44.4 Å². The first-order valence-corrected chi connectivity index (χ1v) is 11.4. The van der Waals surface area contributed by atoms with Crippen LogP contribution >= 0.6 is 0 Å². The highest BCUT2D eigenvalue weighted by molar-refractivity contribution is 6.00. The Morgan fingerprint density at radius 2 is 1.54 bits per heavy atom. The monoisotopic (exact) mass is 470 g/mol. The van der Waals surface area contributed by atoms with Gasteiger partial charge in [-0.1, -0.05) is 48.5 Å². The fourth-order valence-corrected chi connectivity index (χ4v) is 4.09. The number of nitrogens with one attached hydrogen (secondary N) is 1. The second-order valence-electron chi connectivity index (χ2n) is 8.30. The molecule has 1 N–H and O–H groups in total. The number of methoxy groups -OCH3 is 2. The fraction of sp³-hybridized carbons (Fsp3) is 0.214. The van der Waals surface area contributed by atoms with Crippen LogP contribution in [0.2, 0.25) is 0 Å². The zero-order valence-corrected chi connectivity index (χ0v) is 20.4. The lowest BCUT2D eigenvalue weighted by molar-refractivity contribution is 0.0942. The molecule has 0 saturated carbocycles. The van der Waals surface area contributed by atoms with Crippen molar-refractivity contribution in [3.05, 3.63) is 96.2 Å². The molecule has 1 aromatic heterocycles. The van der Waals surface area contributed by atoms with Crippen molar-refractivity contribution >= 4 is 5.91 Å². The highest BCUT2D eigenvalue weighted by atomic mass is 16.5. The van der Waals surface area contributed by atoms with Crippen molar-refractivity contribution in [2.24, 2.45) is 0 Å². The third-order valence-electron chi connectivity index (χ3n) is 5.92. The highest BCUT2D eigenvalue weighted by Crippen LogP contribution is 2.32. The Kier molecular flexibility index (Phi) is 7.48. The maximum absolute atomic E-state index is 13.5. The normalized spacial score (nSPS) is 11.8. The number of aromatic nitrogens is 2. The number of ether oxygens (including phenoxy) is 2. The Hall–Kier alpha value is -4.10. The molecular weight excluding hydrogens is 440 g/mol. The predicted octanol–water partition coefficient (Wildman–Crippen LogP) is 4.59. The lowest BCUT2D eigenvalue weighted by atomic mass is 10.0. The van der Waals surface area contributed by atoms with E-state index in [9.17, 15) is 4.79 Å². The summed E-state index contributed by atoms with van der Waals surface area (Å²) in [5.41, 5.74) is 3.65. The van der Waals surface area contributed by atoms with E-state index >= 15 is 0 Å². The summed E-state index contributed by atoms with van der Waals surface area (Å²) in [6, 6.07) is 25.1. The number of hydrogen-bond acceptors (Lipinski definition) is 5. The number of likely N-dealkylation sites (N-methyl/N-ethyl adjacent to an activating group) is 1. The number of carbonyl (C=O) groups is 1. The van der Waals surface area contributed by atoms with Crippen LogP contribution in [0.5, 0.6) is 11.5 Å². The predicted molar refractivity (Wildman–Crippen MR) is 137 cm³/mol. The van der Waals surface area contributed by atoms with Crippen molar-refractivity contribution in [2.75, 3.05) is 34.9 Å². The van der Waals surface area contributed by atoms with Gasteiger partial charge in [0.1, 0.15) is 17.2 Å². The molecule has 0 bridgehead atoms. The summed E-state index contributed by atoms with van der Waals surface area (Å²) >= 11 is 0. The van der Waals surface area contributed by atoms with Gasteiger partial charge in [0.2, 0.25) is 0 Å². The molecule has 3 aromatic carbocycles. The summed E-state index contributed by atoms with van der Waals surface area (Å²) in [6.07, 6.45) is 1.76. The Balaban J connectivity index is 1.68. The molecule has 7 nitrogen and oxygen atoms in total. The Morgan fingerprint density at radius 1 is 0.914 bits per heavy atom. The van der Waals surface area contributed by atoms with Gasteiger partial charge in [-0.15, -0.1) is 0 Å². The second kappa shape index (κ2) is 10.9. The Bertz CT molecular complexity index is 1280. The number of amides is 1. The number of benzene rings is 3. The van der Waals surface area contributed by atoms with Crippen LogP contribution in [0, 0.1) is 0 Å². The first-order chi connectivity index (χ1) is 17.0. The van der Waals surface area contributed by atoms with E-state index in [0.29, 0.717) is 23.6 Å². The summed E-state index contributed by atoms with van der Waals surface area (Å²) in [4.78, 5) is 15.6. The number of hydrogen-bond donors (Lipinski definition) is 1. The Labute approximate surface area is 205 Å². The van der Waals surface area contributed by atoms with E-state index in [1.807, 2.05) is 93.0 Å². The van der Waals surface area contributed by atoms with Crippen molar-refractivity contribution in [2.45, 2.75) is 6.04 Å². The van der Waals surface area contributed by atoms with E-state index in [-0.39, 0.29) is 11.9 Å². The van der Waals surface area contributed by atoms with Gasteiger partial charge in [-0.2, -0.15) is 5.10 Å². The molecule has 4 rings (SSSR count). The van der Waals surface area contributed by atoms with Gasteiger partial charge in [0.05, 0.1) is 31.5 Å². The van der Waals surface area contributed by atoms with Gasteiger partial charge in [-0.3, -0.25) is 4.79 Å². The average Bonchev–Trinajstić information content (AvgIpc) is 3.35. The lowest BCUT2D eigenvalue weighted by Crippen LogP contribution is -2.34. The SMILES string of the molecule is COc1ccccc1-c1nn(-c2ccccc2)cc1C(=O)NC[C@@H](c1ccccc1OC)N(C)C. The van der Waals surface area contributed by atoms with Crippen LogP contribution in [0.25, 0.3) is 16.9 Å². The minimum Gasteiger partial charge on any atom is -0.496 e. The van der Waals surface area contributed by atoms with Crippen molar-refractivity contribution in [3.8, 4) is 28.4 Å². The number of rotatable bonds is 9. The van der Waals surface area contributed by atoms with E-state index < -0.39 is 0 Å². The molecule has 1 heterocycles. The average molecular weight is 471 g/mol. The molecule has 0 saturated heterocycles. The zero-order valence-electron chi connectivity index (χ0n) is 20.4. The van der Waals surface area contributed by atoms with Crippen molar-refractivity contribution < 1.29 is 14.3 Å². The fourth-order valence-electron chi connectivity index (χ4n) is 4.09. The van der Waals surface area contributed by atoms with Crippen LogP contribution in [0.1, 0.15) is 22.0 Å². The molecule has 0 unspecified atom stereocenters. The molecule has 1 amide bonds. The van der Waals surface area contributed by atoms with Crippen LogP contribution in [0.15, 0.2) is 85.1 Å². The van der Waals surface area contributed by atoms with Crippen LogP contribution in [-0.4, -0.2) is 55.4 Å². The molecule has 0 aliphatic carbocycles. The van der Waals surface area contributed by atoms with Crippen LogP contribution in [-0.2, 0) is 0 Å². The maximum atomic E-state index is 13.5. The number of para-hydroxylation sites is 3. The summed E-state index contributed by atoms with van der Waals surface area (Å²) in [5.74, 6) is 1.22. The molecule has 35 heavy (non-hydrogen) atoms. The Morgan fingerprint density at radius 3 is 2.23 bits per heavy atom. The van der Waals surface area contributed by atoms with E-state index in [0.717, 1.165) is 22.6 Å². The molecule has 4 aromatic rings. The molecular formula is C28H30N4O3. The topological polar surface area (TPSA) is 68.6 Å². The summed E-state index contributed by atoms with van der Waals surface area (Å²) in [5, 5.41) is 7.89. The van der Waals surface area contributed by atoms with Gasteiger partial charge in [-0.25, -0.2) is 4.68 Å². The largest absolute Gasteiger partial charge is 0.496 e. The molecule has 0 spiro atoms. The first-order valence-electron chi connectivity index (χ1n) is 11.4. The molecule has 0 aliphatic rings. The van der Waals surface area contributed by atoms with Gasteiger partial charge < -0.3 is 19.7 Å². The van der Waals surface area contributed by atoms with E-state index in [4.69, 9.17) is 14.6 Å². The van der Waals surface area contributed by atoms with E-state index in [2.05, 4.69) is 10.2 Å². The standard InChI is InChI=1S/C28H30N4O3/c1-31(2)24(21-14-8-10-16-25(21)34-3)18-29-28(33)23-19-32(20-12-6-5-7-13-20)30-27(23)22-15-9-11-17-26(22)35-4/h5-17,19,24H,18H2,1-4H3,(H,29,33)/t24-/m0/s1. The molecule has 1 atom stereocenters. The minimum absolute atomic E-state index is 0.0750. The molecule has 7 heteroatoms.